The van der Waals surface area contributed by atoms with Crippen LogP contribution >= 0.6 is 0 Å². The van der Waals surface area contributed by atoms with E-state index in [4.69, 9.17) is 5.26 Å². The number of hydrogen-bond acceptors (Lipinski definition) is 3. The van der Waals surface area contributed by atoms with E-state index in [2.05, 4.69) is 10.3 Å². The van der Waals surface area contributed by atoms with Gasteiger partial charge in [-0.05, 0) is 12.5 Å². The summed E-state index contributed by atoms with van der Waals surface area (Å²) < 4.78 is 26.8. The normalized spacial score (nSPS) is 18.9. The molecule has 5 nitrogen and oxygen atoms in total. The average Bonchev–Trinajstić information content (AvgIpc) is 2.91. The number of hydrogen-bond donors (Lipinski definition) is 0. The number of amides is 1. The quantitative estimate of drug-likeness (QED) is 0.731. The van der Waals surface area contributed by atoms with Crippen LogP contribution in [0.5, 0.6) is 0 Å². The van der Waals surface area contributed by atoms with Crippen molar-refractivity contribution >= 4 is 11.6 Å². The fraction of sp³-hybridized carbons (Fsp3) is 0.588. The van der Waals surface area contributed by atoms with Crippen LogP contribution in [0.2, 0.25) is 0 Å². The Bertz CT molecular complexity index is 607. The molecular weight excluding hydrogens is 353 g/mol. The van der Waals surface area contributed by atoms with Gasteiger partial charge in [0.2, 0.25) is 5.91 Å². The van der Waals surface area contributed by atoms with Gasteiger partial charge in [0, 0.05) is 18.3 Å². The van der Waals surface area contributed by atoms with Crippen molar-refractivity contribution in [2.75, 3.05) is 6.54 Å². The molecule has 2 atom stereocenters. The molecule has 1 aliphatic rings. The van der Waals surface area contributed by atoms with Gasteiger partial charge in [0.15, 0.2) is 0 Å². The van der Waals surface area contributed by atoms with E-state index in [0.29, 0.717) is 5.69 Å². The number of aryl methyl sites for hydroxylation is 1. The third-order valence-corrected chi connectivity index (χ3v) is 3.56. The third-order valence-electron chi connectivity index (χ3n) is 3.56. The largest absolute Gasteiger partial charge is 1.00 e. The van der Waals surface area contributed by atoms with Gasteiger partial charge in [0.05, 0.1) is 12.6 Å². The predicted octanol–water partition coefficient (Wildman–Crippen LogP) is 0.828. The van der Waals surface area contributed by atoms with Gasteiger partial charge >= 0.3 is 51.4 Å². The molecule has 0 spiro atoms. The second-order valence-electron chi connectivity index (χ2n) is 5.34. The van der Waals surface area contributed by atoms with Crippen molar-refractivity contribution in [3.63, 3.8) is 0 Å². The molecule has 8 heteroatoms. The van der Waals surface area contributed by atoms with Gasteiger partial charge in [0.25, 0.3) is 5.92 Å². The van der Waals surface area contributed by atoms with Gasteiger partial charge in [-0.25, -0.2) is 8.78 Å². The molecule has 1 aromatic heterocycles. The fourth-order valence-electron chi connectivity index (χ4n) is 2.42. The summed E-state index contributed by atoms with van der Waals surface area (Å²) in [6, 6.07) is 3.26. The molecule has 0 saturated carbocycles. The first-order chi connectivity index (χ1) is 11.4. The van der Waals surface area contributed by atoms with Crippen molar-refractivity contribution in [1.82, 2.24) is 9.88 Å². The van der Waals surface area contributed by atoms with Crippen molar-refractivity contribution in [2.45, 2.75) is 58.5 Å². The van der Waals surface area contributed by atoms with Crippen LogP contribution in [0.25, 0.3) is 5.32 Å². The van der Waals surface area contributed by atoms with Crippen molar-refractivity contribution < 1.29 is 65.0 Å². The van der Waals surface area contributed by atoms with E-state index < -0.39 is 36.9 Å². The van der Waals surface area contributed by atoms with Crippen molar-refractivity contribution in [1.29, 1.82) is 5.26 Å². The number of alkyl halides is 2. The number of carbonyl (C=O) groups is 1. The number of nitriles is 1. The zero-order valence-corrected chi connectivity index (χ0v) is 18.6. The SMILES string of the molecule is CC.CCc1cc([N-]C(C)C(=O)N2CC(F)(F)CC2C#N)ccn1.[K+]. The summed E-state index contributed by atoms with van der Waals surface area (Å²) in [6.45, 7) is 6.77. The van der Waals surface area contributed by atoms with Crippen LogP contribution in [0.15, 0.2) is 18.3 Å². The molecule has 0 N–H and O–H groups in total. The first kappa shape index (κ1) is 24.4. The van der Waals surface area contributed by atoms with Crippen LogP contribution in [-0.2, 0) is 11.2 Å². The molecule has 1 fully saturated rings. The van der Waals surface area contributed by atoms with Crippen LogP contribution in [0.3, 0.4) is 0 Å². The third kappa shape index (κ3) is 6.91. The van der Waals surface area contributed by atoms with Crippen molar-refractivity contribution in [3.8, 4) is 6.07 Å². The summed E-state index contributed by atoms with van der Waals surface area (Å²) in [5.41, 5.74) is 1.41. The Labute approximate surface area is 190 Å². The van der Waals surface area contributed by atoms with E-state index in [0.717, 1.165) is 17.0 Å². The fourth-order valence-corrected chi connectivity index (χ4v) is 2.42. The molecule has 1 saturated heterocycles. The Morgan fingerprint density at radius 2 is 2.20 bits per heavy atom. The van der Waals surface area contributed by atoms with Gasteiger partial charge in [0.1, 0.15) is 6.04 Å². The molecule has 25 heavy (non-hydrogen) atoms. The number of halogens is 2. The molecule has 2 rings (SSSR count). The zero-order valence-electron chi connectivity index (χ0n) is 15.5. The minimum absolute atomic E-state index is 0. The maximum atomic E-state index is 13.4. The van der Waals surface area contributed by atoms with Gasteiger partial charge in [-0.15, -0.1) is 5.69 Å². The van der Waals surface area contributed by atoms with E-state index >= 15 is 0 Å². The van der Waals surface area contributed by atoms with Gasteiger partial charge < -0.3 is 10.2 Å². The van der Waals surface area contributed by atoms with E-state index in [9.17, 15) is 13.6 Å². The summed E-state index contributed by atoms with van der Waals surface area (Å²) in [5, 5.41) is 13.2. The first-order valence-electron chi connectivity index (χ1n) is 8.10. The Morgan fingerprint density at radius 1 is 1.56 bits per heavy atom. The maximum absolute atomic E-state index is 13.4. The smallest absolute Gasteiger partial charge is 0.674 e. The Hall–Kier alpha value is -0.594. The van der Waals surface area contributed by atoms with Crippen molar-refractivity contribution in [2.24, 2.45) is 0 Å². The number of pyridine rings is 1. The minimum atomic E-state index is -3.01. The monoisotopic (exact) mass is 376 g/mol. The number of carbonyl (C=O) groups excluding carboxylic acids is 1. The van der Waals surface area contributed by atoms with Crippen LogP contribution < -0.4 is 51.4 Å². The summed E-state index contributed by atoms with van der Waals surface area (Å²) in [6.07, 6.45) is 1.72. The average molecular weight is 376 g/mol. The first-order valence-corrected chi connectivity index (χ1v) is 8.10. The molecule has 1 aromatic rings. The molecule has 1 amide bonds. The Balaban J connectivity index is 0.00000185. The molecular formula is C17H23F2KN4O. The van der Waals surface area contributed by atoms with Crippen molar-refractivity contribution in [3.05, 3.63) is 29.3 Å². The summed E-state index contributed by atoms with van der Waals surface area (Å²) in [5.74, 6) is -3.57. The summed E-state index contributed by atoms with van der Waals surface area (Å²) >= 11 is 0. The van der Waals surface area contributed by atoms with Crippen LogP contribution in [0.1, 0.15) is 39.8 Å². The Kier molecular flexibility index (Phi) is 10.9. The van der Waals surface area contributed by atoms with Crippen LogP contribution in [0, 0.1) is 11.3 Å². The van der Waals surface area contributed by atoms with Gasteiger partial charge in [-0.2, -0.15) is 5.26 Å². The number of nitrogens with zero attached hydrogens (tertiary/aromatic N) is 4. The number of aromatic nitrogens is 1. The number of rotatable bonds is 4. The molecule has 2 heterocycles. The molecule has 1 aliphatic heterocycles. The standard InChI is InChI=1S/C15H17F2N4O.C2H6.K/c1-3-11-6-12(4-5-19-11)20-10(2)14(22)21-9-15(16,17)7-13(21)8-18;1-2;/h4-6,10,13H,3,7,9H2,1-2H3;1-2H3;/q-1;;+1. The predicted molar refractivity (Wildman–Crippen MR) is 88.1 cm³/mol. The Morgan fingerprint density at radius 3 is 2.76 bits per heavy atom. The topological polar surface area (TPSA) is 71.1 Å². The molecule has 0 bridgehead atoms. The molecule has 0 aromatic carbocycles. The molecule has 2 unspecified atom stereocenters. The summed E-state index contributed by atoms with van der Waals surface area (Å²) in [7, 11) is 0. The van der Waals surface area contributed by atoms with Crippen LogP contribution in [-0.4, -0.2) is 40.3 Å². The second-order valence-corrected chi connectivity index (χ2v) is 5.34. The molecule has 0 aliphatic carbocycles. The summed E-state index contributed by atoms with van der Waals surface area (Å²) in [4.78, 5) is 17.4. The van der Waals surface area contributed by atoms with E-state index in [1.54, 1.807) is 31.3 Å². The number of likely N-dealkylation sites (tertiary alicyclic amines) is 1. The maximum Gasteiger partial charge on any atom is 1.00 e. The van der Waals surface area contributed by atoms with E-state index in [-0.39, 0.29) is 51.4 Å². The zero-order chi connectivity index (χ0) is 18.3. The van der Waals surface area contributed by atoms with Gasteiger partial charge in [-0.3, -0.25) is 9.78 Å². The van der Waals surface area contributed by atoms with E-state index in [1.165, 1.54) is 0 Å². The van der Waals surface area contributed by atoms with Gasteiger partial charge in [-0.1, -0.05) is 39.8 Å². The molecule has 132 valence electrons. The minimum Gasteiger partial charge on any atom is -0.674 e. The molecule has 0 radical (unpaired) electrons. The van der Waals surface area contributed by atoms with E-state index in [1.807, 2.05) is 20.8 Å². The van der Waals surface area contributed by atoms with Crippen LogP contribution in [0.4, 0.5) is 14.5 Å². The second kappa shape index (κ2) is 11.2.